The highest BCUT2D eigenvalue weighted by molar-refractivity contribution is 9.10. The van der Waals surface area contributed by atoms with E-state index in [0.29, 0.717) is 6.42 Å². The standard InChI is InChI=1S/C20H22BrNO/c1-15(20(13-14-20)17-8-10-18(21)11-9-17)22-19(23)12-7-16-5-3-2-4-6-16/h2-6,8-11,15H,7,12-14H2,1H3,(H,22,23). The molecule has 0 radical (unpaired) electrons. The number of benzene rings is 2. The number of carbonyl (C=O) groups is 1. The second kappa shape index (κ2) is 6.88. The zero-order valence-electron chi connectivity index (χ0n) is 13.4. The minimum Gasteiger partial charge on any atom is -0.353 e. The summed E-state index contributed by atoms with van der Waals surface area (Å²) in [6.45, 7) is 2.13. The molecule has 0 saturated heterocycles. The van der Waals surface area contributed by atoms with E-state index in [0.717, 1.165) is 23.7 Å². The van der Waals surface area contributed by atoms with Gasteiger partial charge in [-0.25, -0.2) is 0 Å². The molecule has 1 amide bonds. The van der Waals surface area contributed by atoms with Crippen LogP contribution in [0.3, 0.4) is 0 Å². The Bertz CT molecular complexity index is 662. The molecule has 1 unspecified atom stereocenters. The van der Waals surface area contributed by atoms with Crippen LogP contribution >= 0.6 is 15.9 Å². The van der Waals surface area contributed by atoms with Crippen molar-refractivity contribution in [2.45, 2.75) is 44.1 Å². The molecule has 1 aliphatic carbocycles. The summed E-state index contributed by atoms with van der Waals surface area (Å²) in [6.07, 6.45) is 3.64. The normalized spacial score (nSPS) is 16.6. The molecule has 2 nitrogen and oxygen atoms in total. The largest absolute Gasteiger partial charge is 0.353 e. The van der Waals surface area contributed by atoms with Gasteiger partial charge in [0, 0.05) is 22.4 Å². The van der Waals surface area contributed by atoms with E-state index in [1.54, 1.807) is 0 Å². The maximum atomic E-state index is 12.3. The van der Waals surface area contributed by atoms with Gasteiger partial charge in [-0.3, -0.25) is 4.79 Å². The quantitative estimate of drug-likeness (QED) is 0.788. The van der Waals surface area contributed by atoms with E-state index >= 15 is 0 Å². The fraction of sp³-hybridized carbons (Fsp3) is 0.350. The average molecular weight is 372 g/mol. The van der Waals surface area contributed by atoms with Crippen LogP contribution in [0.2, 0.25) is 0 Å². The minimum absolute atomic E-state index is 0.128. The van der Waals surface area contributed by atoms with E-state index in [9.17, 15) is 4.79 Å². The third-order valence-corrected chi connectivity index (χ3v) is 5.43. The summed E-state index contributed by atoms with van der Waals surface area (Å²) in [7, 11) is 0. The zero-order valence-corrected chi connectivity index (χ0v) is 15.0. The first kappa shape index (κ1) is 16.3. The van der Waals surface area contributed by atoms with Crippen LogP contribution in [0.5, 0.6) is 0 Å². The average Bonchev–Trinajstić information content (AvgIpc) is 3.36. The molecule has 120 valence electrons. The summed E-state index contributed by atoms with van der Waals surface area (Å²) < 4.78 is 1.09. The molecule has 2 aromatic rings. The number of carbonyl (C=O) groups excluding carboxylic acids is 1. The lowest BCUT2D eigenvalue weighted by Crippen LogP contribution is -2.41. The first-order valence-corrected chi connectivity index (χ1v) is 8.99. The van der Waals surface area contributed by atoms with Crippen molar-refractivity contribution in [3.8, 4) is 0 Å². The summed E-state index contributed by atoms with van der Waals surface area (Å²) in [5.41, 5.74) is 2.67. The van der Waals surface area contributed by atoms with E-state index in [2.05, 4.69) is 64.6 Å². The molecular formula is C20H22BrNO. The van der Waals surface area contributed by atoms with Crippen molar-refractivity contribution in [3.63, 3.8) is 0 Å². The van der Waals surface area contributed by atoms with E-state index in [-0.39, 0.29) is 17.4 Å². The van der Waals surface area contributed by atoms with Crippen LogP contribution in [0.4, 0.5) is 0 Å². The number of hydrogen-bond donors (Lipinski definition) is 1. The molecule has 0 aliphatic heterocycles. The van der Waals surface area contributed by atoms with E-state index < -0.39 is 0 Å². The van der Waals surface area contributed by atoms with Gasteiger partial charge in [-0.05, 0) is 49.4 Å². The van der Waals surface area contributed by atoms with Gasteiger partial charge in [0.1, 0.15) is 0 Å². The molecule has 1 fully saturated rings. The molecular weight excluding hydrogens is 350 g/mol. The Kier molecular flexibility index (Phi) is 4.86. The third-order valence-electron chi connectivity index (χ3n) is 4.90. The lowest BCUT2D eigenvalue weighted by molar-refractivity contribution is -0.121. The maximum absolute atomic E-state index is 12.3. The Labute approximate surface area is 146 Å². The molecule has 1 atom stereocenters. The number of aryl methyl sites for hydroxylation is 1. The zero-order chi connectivity index (χ0) is 16.3. The van der Waals surface area contributed by atoms with Crippen LogP contribution < -0.4 is 5.32 Å². The van der Waals surface area contributed by atoms with Crippen LogP contribution in [0.1, 0.15) is 37.3 Å². The number of amides is 1. The number of nitrogens with one attached hydrogen (secondary N) is 1. The van der Waals surface area contributed by atoms with Crippen LogP contribution in [-0.2, 0) is 16.6 Å². The van der Waals surface area contributed by atoms with E-state index in [1.807, 2.05) is 18.2 Å². The molecule has 1 aliphatic rings. The first-order chi connectivity index (χ1) is 11.1. The molecule has 23 heavy (non-hydrogen) atoms. The molecule has 1 saturated carbocycles. The van der Waals surface area contributed by atoms with Gasteiger partial charge in [0.25, 0.3) is 0 Å². The Balaban J connectivity index is 1.57. The Hall–Kier alpha value is -1.61. The Morgan fingerprint density at radius 3 is 2.39 bits per heavy atom. The Morgan fingerprint density at radius 2 is 1.78 bits per heavy atom. The molecule has 2 aromatic carbocycles. The van der Waals surface area contributed by atoms with Crippen molar-refractivity contribution in [1.29, 1.82) is 0 Å². The van der Waals surface area contributed by atoms with Crippen molar-refractivity contribution < 1.29 is 4.79 Å². The minimum atomic E-state index is 0.128. The first-order valence-electron chi connectivity index (χ1n) is 8.19. The monoisotopic (exact) mass is 371 g/mol. The summed E-state index contributed by atoms with van der Waals surface area (Å²) >= 11 is 3.48. The van der Waals surface area contributed by atoms with Crippen molar-refractivity contribution in [3.05, 3.63) is 70.2 Å². The Morgan fingerprint density at radius 1 is 1.13 bits per heavy atom. The van der Waals surface area contributed by atoms with E-state index in [4.69, 9.17) is 0 Å². The SMILES string of the molecule is CC(NC(=O)CCc1ccccc1)C1(c2ccc(Br)cc2)CC1. The number of rotatable bonds is 6. The molecule has 0 bridgehead atoms. The highest BCUT2D eigenvalue weighted by Crippen LogP contribution is 2.51. The van der Waals surface area contributed by atoms with Crippen molar-refractivity contribution in [2.24, 2.45) is 0 Å². The second-order valence-corrected chi connectivity index (χ2v) is 7.35. The smallest absolute Gasteiger partial charge is 0.220 e. The summed E-state index contributed by atoms with van der Waals surface area (Å²) in [5, 5.41) is 3.22. The topological polar surface area (TPSA) is 29.1 Å². The predicted molar refractivity (Wildman–Crippen MR) is 97.4 cm³/mol. The van der Waals surface area contributed by atoms with Gasteiger partial charge < -0.3 is 5.32 Å². The van der Waals surface area contributed by atoms with Gasteiger partial charge >= 0.3 is 0 Å². The third kappa shape index (κ3) is 3.84. The summed E-state index contributed by atoms with van der Waals surface area (Å²) in [6, 6.07) is 18.9. The molecule has 0 aromatic heterocycles. The van der Waals surface area contributed by atoms with Crippen molar-refractivity contribution in [2.75, 3.05) is 0 Å². The van der Waals surface area contributed by atoms with Crippen LogP contribution in [-0.4, -0.2) is 11.9 Å². The molecule has 1 N–H and O–H groups in total. The van der Waals surface area contributed by atoms with Gasteiger partial charge in [0.05, 0.1) is 0 Å². The predicted octanol–water partition coefficient (Wildman–Crippen LogP) is 4.62. The lowest BCUT2D eigenvalue weighted by Gasteiger charge is -2.25. The maximum Gasteiger partial charge on any atom is 0.220 e. The molecule has 3 rings (SSSR count). The lowest BCUT2D eigenvalue weighted by atomic mass is 9.89. The van der Waals surface area contributed by atoms with Gasteiger partial charge in [-0.2, -0.15) is 0 Å². The van der Waals surface area contributed by atoms with Crippen molar-refractivity contribution in [1.82, 2.24) is 5.32 Å². The number of hydrogen-bond acceptors (Lipinski definition) is 1. The van der Waals surface area contributed by atoms with Crippen LogP contribution in [0.25, 0.3) is 0 Å². The van der Waals surface area contributed by atoms with Crippen LogP contribution in [0.15, 0.2) is 59.1 Å². The molecule has 0 spiro atoms. The van der Waals surface area contributed by atoms with E-state index in [1.165, 1.54) is 11.1 Å². The van der Waals surface area contributed by atoms with Gasteiger partial charge in [-0.1, -0.05) is 58.4 Å². The van der Waals surface area contributed by atoms with Gasteiger partial charge in [0.15, 0.2) is 0 Å². The summed E-state index contributed by atoms with van der Waals surface area (Å²) in [4.78, 5) is 12.3. The van der Waals surface area contributed by atoms with Gasteiger partial charge in [-0.15, -0.1) is 0 Å². The molecule has 3 heteroatoms. The second-order valence-electron chi connectivity index (χ2n) is 6.44. The highest BCUT2D eigenvalue weighted by Gasteiger charge is 2.49. The molecule has 0 heterocycles. The number of halogens is 1. The summed E-state index contributed by atoms with van der Waals surface area (Å²) in [5.74, 6) is 0.143. The van der Waals surface area contributed by atoms with Gasteiger partial charge in [0.2, 0.25) is 5.91 Å². The fourth-order valence-corrected chi connectivity index (χ4v) is 3.51. The van der Waals surface area contributed by atoms with Crippen LogP contribution in [0, 0.1) is 0 Å². The fourth-order valence-electron chi connectivity index (χ4n) is 3.24. The highest BCUT2D eigenvalue weighted by atomic mass is 79.9. The van der Waals surface area contributed by atoms with Crippen molar-refractivity contribution >= 4 is 21.8 Å².